The molecule has 1 aliphatic heterocycles. The Hall–Kier alpha value is -2.05. The molecule has 4 rings (SSSR count). The van der Waals surface area contributed by atoms with Crippen molar-refractivity contribution in [3.63, 3.8) is 0 Å². The summed E-state index contributed by atoms with van der Waals surface area (Å²) >= 11 is 0. The Morgan fingerprint density at radius 3 is 2.85 bits per heavy atom. The van der Waals surface area contributed by atoms with Crippen LogP contribution in [0, 0.1) is 17.3 Å². The fourth-order valence-corrected chi connectivity index (χ4v) is 5.47. The Balaban J connectivity index is 1.87. The summed E-state index contributed by atoms with van der Waals surface area (Å²) in [4.78, 5) is 12.4. The number of ether oxygens (including phenoxy) is 3. The molecule has 0 unspecified atom stereocenters. The number of rotatable bonds is 4. The number of aliphatic hydroxyl groups excluding tert-OH is 2. The molecule has 140 valence electrons. The molecule has 0 spiro atoms. The van der Waals surface area contributed by atoms with Crippen LogP contribution in [-0.4, -0.2) is 42.1 Å². The van der Waals surface area contributed by atoms with E-state index >= 15 is 0 Å². The molecule has 26 heavy (non-hydrogen) atoms. The first kappa shape index (κ1) is 17.4. The number of fused-ring (bicyclic) bond motifs is 3. The molecular weight excluding hydrogens is 336 g/mol. The molecule has 0 amide bonds. The van der Waals surface area contributed by atoms with Gasteiger partial charge in [0.1, 0.15) is 6.10 Å². The molecule has 1 heterocycles. The third-order valence-corrected chi connectivity index (χ3v) is 6.47. The Morgan fingerprint density at radius 2 is 2.15 bits per heavy atom. The van der Waals surface area contributed by atoms with Crippen LogP contribution in [0.25, 0.3) is 0 Å². The van der Waals surface area contributed by atoms with Crippen LogP contribution < -0.4 is 14.2 Å². The molecule has 2 fully saturated rings. The zero-order chi connectivity index (χ0) is 18.6. The Kier molecular flexibility index (Phi) is 4.00. The van der Waals surface area contributed by atoms with Gasteiger partial charge in [-0.15, -0.1) is 6.58 Å². The second-order valence-electron chi connectivity index (χ2n) is 7.63. The summed E-state index contributed by atoms with van der Waals surface area (Å²) < 4.78 is 16.5. The summed E-state index contributed by atoms with van der Waals surface area (Å²) in [6.07, 6.45) is 0.474. The molecule has 2 saturated carbocycles. The largest absolute Gasteiger partial charge is 0.493 e. The highest BCUT2D eigenvalue weighted by atomic mass is 16.7. The first-order valence-corrected chi connectivity index (χ1v) is 8.92. The smallest absolute Gasteiger partial charge is 0.231 e. The summed E-state index contributed by atoms with van der Waals surface area (Å²) in [6, 6.07) is 3.80. The first-order valence-electron chi connectivity index (χ1n) is 8.92. The topological polar surface area (TPSA) is 85.2 Å². The van der Waals surface area contributed by atoms with E-state index in [0.29, 0.717) is 23.7 Å². The van der Waals surface area contributed by atoms with Crippen LogP contribution in [0.5, 0.6) is 17.2 Å². The van der Waals surface area contributed by atoms with E-state index in [2.05, 4.69) is 6.58 Å². The molecule has 2 bridgehead atoms. The Morgan fingerprint density at radius 1 is 1.38 bits per heavy atom. The zero-order valence-corrected chi connectivity index (χ0v) is 15.0. The zero-order valence-electron chi connectivity index (χ0n) is 15.0. The minimum Gasteiger partial charge on any atom is -0.493 e. The minimum absolute atomic E-state index is 0.0866. The van der Waals surface area contributed by atoms with Crippen molar-refractivity contribution in [1.82, 2.24) is 0 Å². The van der Waals surface area contributed by atoms with Crippen LogP contribution in [0.3, 0.4) is 0 Å². The van der Waals surface area contributed by atoms with Crippen molar-refractivity contribution in [1.29, 1.82) is 0 Å². The fourth-order valence-electron chi connectivity index (χ4n) is 5.47. The van der Waals surface area contributed by atoms with Gasteiger partial charge in [-0.25, -0.2) is 0 Å². The van der Waals surface area contributed by atoms with Gasteiger partial charge in [-0.3, -0.25) is 4.79 Å². The van der Waals surface area contributed by atoms with Gasteiger partial charge >= 0.3 is 0 Å². The predicted octanol–water partition coefficient (Wildman–Crippen LogP) is 2.03. The molecular formula is C20H24O6. The molecule has 1 aromatic carbocycles. The monoisotopic (exact) mass is 360 g/mol. The summed E-state index contributed by atoms with van der Waals surface area (Å²) in [6.45, 7) is 5.96. The summed E-state index contributed by atoms with van der Waals surface area (Å²) in [5.74, 6) is 0.824. The lowest BCUT2D eigenvalue weighted by molar-refractivity contribution is -0.146. The number of Topliss-reactive ketones (excluding diaryl/α,β-unsaturated/α-hetero) is 1. The van der Waals surface area contributed by atoms with Gasteiger partial charge in [0.05, 0.1) is 13.2 Å². The fraction of sp³-hybridized carbons (Fsp3) is 0.550. The highest BCUT2D eigenvalue weighted by Crippen LogP contribution is 2.63. The molecule has 2 N–H and O–H groups in total. The third-order valence-electron chi connectivity index (χ3n) is 6.47. The van der Waals surface area contributed by atoms with Gasteiger partial charge in [0.2, 0.25) is 12.5 Å². The van der Waals surface area contributed by atoms with Crippen molar-refractivity contribution in [2.45, 2.75) is 37.9 Å². The summed E-state index contributed by atoms with van der Waals surface area (Å²) in [5.41, 5.74) is 0.241. The van der Waals surface area contributed by atoms with E-state index < -0.39 is 23.5 Å². The van der Waals surface area contributed by atoms with E-state index in [0.717, 1.165) is 5.56 Å². The molecule has 6 atom stereocenters. The number of carbonyl (C=O) groups excluding carboxylic acids is 1. The number of hydrogen-bond acceptors (Lipinski definition) is 6. The van der Waals surface area contributed by atoms with Gasteiger partial charge in [-0.1, -0.05) is 13.0 Å². The molecule has 6 nitrogen and oxygen atoms in total. The van der Waals surface area contributed by atoms with Crippen molar-refractivity contribution < 1.29 is 29.2 Å². The van der Waals surface area contributed by atoms with Crippen molar-refractivity contribution in [3.05, 3.63) is 30.4 Å². The highest BCUT2D eigenvalue weighted by molar-refractivity contribution is 5.86. The van der Waals surface area contributed by atoms with Crippen LogP contribution in [0.1, 0.15) is 31.2 Å². The van der Waals surface area contributed by atoms with Gasteiger partial charge in [0.25, 0.3) is 0 Å². The number of hydrogen-bond donors (Lipinski definition) is 2. The quantitative estimate of drug-likeness (QED) is 0.799. The SMILES string of the molecule is C=CC[C@@]12CC(=O)[C@H](O)[C@@H]([C@@H](C)[C@@H]1c1cc(OC)c3c(c1)OCO3)[C@@H]2O. The van der Waals surface area contributed by atoms with E-state index in [1.54, 1.807) is 13.2 Å². The van der Waals surface area contributed by atoms with Crippen molar-refractivity contribution in [3.8, 4) is 17.2 Å². The molecule has 6 heteroatoms. The van der Waals surface area contributed by atoms with E-state index in [1.807, 2.05) is 19.1 Å². The Bertz CT molecular complexity index is 759. The number of methoxy groups -OCH3 is 1. The molecule has 0 saturated heterocycles. The molecule has 0 aromatic heterocycles. The van der Waals surface area contributed by atoms with Crippen LogP contribution in [0.4, 0.5) is 0 Å². The van der Waals surface area contributed by atoms with E-state index in [-0.39, 0.29) is 30.8 Å². The van der Waals surface area contributed by atoms with Crippen LogP contribution in [-0.2, 0) is 4.79 Å². The standard InChI is InChI=1S/C20H24O6/c1-4-5-20-8-12(21)17(22)15(19(20)23)10(2)16(20)11-6-13(24-3)18-14(7-11)25-9-26-18/h4,6-7,10,15-17,19,22-23H,1,5,8-9H2,2-3H3/t10-,15-,16-,17+,19+,20-/m1/s1. The lowest BCUT2D eigenvalue weighted by Crippen LogP contribution is -2.49. The van der Waals surface area contributed by atoms with E-state index in [4.69, 9.17) is 14.2 Å². The van der Waals surface area contributed by atoms with Crippen molar-refractivity contribution >= 4 is 5.78 Å². The second-order valence-corrected chi connectivity index (χ2v) is 7.63. The number of benzene rings is 1. The van der Waals surface area contributed by atoms with Gasteiger partial charge < -0.3 is 24.4 Å². The number of aliphatic hydroxyl groups is 2. The van der Waals surface area contributed by atoms with Crippen molar-refractivity contribution in [2.75, 3.05) is 13.9 Å². The maximum atomic E-state index is 12.4. The van der Waals surface area contributed by atoms with Crippen LogP contribution in [0.15, 0.2) is 24.8 Å². The van der Waals surface area contributed by atoms with Crippen molar-refractivity contribution in [2.24, 2.45) is 17.3 Å². The van der Waals surface area contributed by atoms with Gasteiger partial charge in [0.15, 0.2) is 17.3 Å². The number of allylic oxidation sites excluding steroid dienone is 1. The van der Waals surface area contributed by atoms with Crippen LogP contribution in [0.2, 0.25) is 0 Å². The molecule has 1 aromatic rings. The second kappa shape index (κ2) is 5.99. The molecule has 0 radical (unpaired) electrons. The van der Waals surface area contributed by atoms with Crippen LogP contribution >= 0.6 is 0 Å². The maximum absolute atomic E-state index is 12.4. The Labute approximate surface area is 152 Å². The maximum Gasteiger partial charge on any atom is 0.231 e. The predicted molar refractivity (Wildman–Crippen MR) is 93.4 cm³/mol. The average Bonchev–Trinajstić information content (AvgIpc) is 3.13. The average molecular weight is 360 g/mol. The summed E-state index contributed by atoms with van der Waals surface area (Å²) in [7, 11) is 1.57. The highest BCUT2D eigenvalue weighted by Gasteiger charge is 2.64. The van der Waals surface area contributed by atoms with Gasteiger partial charge in [-0.2, -0.15) is 0 Å². The first-order chi connectivity index (χ1) is 12.4. The summed E-state index contributed by atoms with van der Waals surface area (Å²) in [5, 5.41) is 21.5. The van der Waals surface area contributed by atoms with Gasteiger partial charge in [0, 0.05) is 17.8 Å². The lowest BCUT2D eigenvalue weighted by atomic mass is 9.64. The van der Waals surface area contributed by atoms with Gasteiger partial charge in [-0.05, 0) is 36.0 Å². The minimum atomic E-state index is -1.13. The molecule has 2 aliphatic carbocycles. The normalized spacial score (nSPS) is 37.7. The number of carbonyl (C=O) groups is 1. The molecule has 3 aliphatic rings. The lowest BCUT2D eigenvalue weighted by Gasteiger charge is -2.41. The number of ketones is 1. The van der Waals surface area contributed by atoms with E-state index in [1.165, 1.54) is 0 Å². The van der Waals surface area contributed by atoms with E-state index in [9.17, 15) is 15.0 Å². The third kappa shape index (κ3) is 2.15.